The third-order valence-corrected chi connectivity index (χ3v) is 8.41. The predicted octanol–water partition coefficient (Wildman–Crippen LogP) is 3.21. The minimum atomic E-state index is 0. The number of hydrogen-bond acceptors (Lipinski definition) is 0. The number of fused-ring (bicyclic) bond motifs is 6. The summed E-state index contributed by atoms with van der Waals surface area (Å²) in [4.78, 5) is 0. The maximum Gasteiger partial charge on any atom is 2.00 e. The first-order chi connectivity index (χ1) is 17.1. The molecule has 4 aromatic rings. The van der Waals surface area contributed by atoms with Gasteiger partial charge in [0, 0.05) is 0 Å². The summed E-state index contributed by atoms with van der Waals surface area (Å²) < 4.78 is 0. The predicted molar refractivity (Wildman–Crippen MR) is 154 cm³/mol. The van der Waals surface area contributed by atoms with E-state index in [1.54, 1.807) is 11.1 Å². The maximum absolute atomic E-state index is 2.43. The number of halogens is 2. The van der Waals surface area contributed by atoms with E-state index in [2.05, 4.69) is 114 Å². The van der Waals surface area contributed by atoms with E-state index in [0.717, 1.165) is 25.7 Å². The van der Waals surface area contributed by atoms with E-state index in [1.807, 2.05) is 0 Å². The standard InChI is InChI=1S/C36H38.2ClH.Zr/c1-35(2,3)31-19-17-23(29-21-25-11-7-9-13-27(25)33(29)31)15-16-24-18-20-32(36(4,5)6)34-28-14-10-8-12-26(28)22-30(24)34;;;/h7-14,17-20H,15-16,21-22H2,1-6H3;2*1H;/q;;;+2/p-2. The average Bonchev–Trinajstić information content (AvgIpc) is 3.40. The number of benzene rings is 4. The van der Waals surface area contributed by atoms with E-state index in [4.69, 9.17) is 0 Å². The molecule has 0 unspecified atom stereocenters. The van der Waals surface area contributed by atoms with Crippen molar-refractivity contribution < 1.29 is 51.0 Å². The summed E-state index contributed by atoms with van der Waals surface area (Å²) in [6.45, 7) is 14.1. The van der Waals surface area contributed by atoms with E-state index in [-0.39, 0.29) is 61.8 Å². The van der Waals surface area contributed by atoms with Crippen molar-refractivity contribution in [2.45, 2.75) is 78.1 Å². The molecule has 0 bridgehead atoms. The zero-order valence-corrected chi connectivity index (χ0v) is 28.0. The van der Waals surface area contributed by atoms with Crippen molar-refractivity contribution in [3.05, 3.63) is 117 Å². The third kappa shape index (κ3) is 5.62. The molecule has 0 saturated carbocycles. The molecule has 0 saturated heterocycles. The summed E-state index contributed by atoms with van der Waals surface area (Å²) in [7, 11) is 0. The molecule has 3 heteroatoms. The second kappa shape index (κ2) is 11.7. The first-order valence-corrected chi connectivity index (χ1v) is 13.6. The van der Waals surface area contributed by atoms with Crippen LogP contribution in [0, 0.1) is 0 Å². The summed E-state index contributed by atoms with van der Waals surface area (Å²) in [6, 6.07) is 27.8. The Kier molecular flexibility index (Phi) is 9.54. The second-order valence-corrected chi connectivity index (χ2v) is 12.9. The molecular formula is C36H38Cl2Zr. The Bertz CT molecular complexity index is 1390. The molecule has 0 aromatic heterocycles. The van der Waals surface area contributed by atoms with Gasteiger partial charge >= 0.3 is 26.2 Å². The molecule has 0 fully saturated rings. The van der Waals surface area contributed by atoms with Crippen molar-refractivity contribution in [2.75, 3.05) is 0 Å². The summed E-state index contributed by atoms with van der Waals surface area (Å²) in [5.74, 6) is 0. The molecule has 200 valence electrons. The first-order valence-electron chi connectivity index (χ1n) is 13.6. The second-order valence-electron chi connectivity index (χ2n) is 12.9. The largest absolute Gasteiger partial charge is 2.00 e. The molecule has 2 aliphatic rings. The molecule has 4 aromatic carbocycles. The minimum absolute atomic E-state index is 0. The van der Waals surface area contributed by atoms with Crippen molar-refractivity contribution in [1.82, 2.24) is 0 Å². The van der Waals surface area contributed by atoms with E-state index in [0.29, 0.717) is 0 Å². The van der Waals surface area contributed by atoms with Gasteiger partial charge in [-0.15, -0.1) is 0 Å². The van der Waals surface area contributed by atoms with Crippen LogP contribution in [0.1, 0.15) is 86.1 Å². The van der Waals surface area contributed by atoms with Crippen LogP contribution in [0.15, 0.2) is 72.8 Å². The number of hydrogen-bond donors (Lipinski definition) is 0. The van der Waals surface area contributed by atoms with Crippen LogP contribution in [0.25, 0.3) is 22.3 Å². The van der Waals surface area contributed by atoms with E-state index >= 15 is 0 Å². The van der Waals surface area contributed by atoms with Gasteiger partial charge in [-0.2, -0.15) is 0 Å². The molecule has 0 amide bonds. The molecule has 0 atom stereocenters. The SMILES string of the molecule is CC(C)(C)c1ccc(CCc2ccc(C(C)(C)C)c3c2Cc2ccccc2-3)c2c1-c1ccccc1C2.[Cl-].[Cl-].[Zr+2]. The smallest absolute Gasteiger partial charge is 1.00 e. The molecule has 39 heavy (non-hydrogen) atoms. The zero-order valence-electron chi connectivity index (χ0n) is 24.0. The quantitative estimate of drug-likeness (QED) is 0.281. The molecule has 0 spiro atoms. The van der Waals surface area contributed by atoms with Crippen LogP contribution in [-0.4, -0.2) is 0 Å². The Balaban J connectivity index is 0.00000140. The van der Waals surface area contributed by atoms with Crippen molar-refractivity contribution in [3.63, 3.8) is 0 Å². The van der Waals surface area contributed by atoms with Gasteiger partial charge in [0.15, 0.2) is 0 Å². The van der Waals surface area contributed by atoms with Crippen LogP contribution >= 0.6 is 0 Å². The van der Waals surface area contributed by atoms with E-state index in [9.17, 15) is 0 Å². The van der Waals surface area contributed by atoms with Gasteiger partial charge in [0.1, 0.15) is 0 Å². The topological polar surface area (TPSA) is 0 Å². The summed E-state index contributed by atoms with van der Waals surface area (Å²) >= 11 is 0. The van der Waals surface area contributed by atoms with Gasteiger partial charge in [-0.25, -0.2) is 0 Å². The van der Waals surface area contributed by atoms with Crippen LogP contribution in [0.2, 0.25) is 0 Å². The molecule has 0 heterocycles. The van der Waals surface area contributed by atoms with Gasteiger partial charge in [0.25, 0.3) is 0 Å². The van der Waals surface area contributed by atoms with Gasteiger partial charge in [-0.1, -0.05) is 114 Å². The Morgan fingerprint density at radius 2 is 0.872 bits per heavy atom. The van der Waals surface area contributed by atoms with Gasteiger partial charge in [-0.05, 0) is 103 Å². The Hall–Kier alpha value is -1.66. The van der Waals surface area contributed by atoms with Gasteiger partial charge in [-0.3, -0.25) is 0 Å². The van der Waals surface area contributed by atoms with Crippen LogP contribution < -0.4 is 24.8 Å². The van der Waals surface area contributed by atoms with Gasteiger partial charge in [0.05, 0.1) is 0 Å². The molecule has 0 N–H and O–H groups in total. The average molecular weight is 633 g/mol. The molecule has 0 aliphatic heterocycles. The van der Waals surface area contributed by atoms with Crippen LogP contribution in [0.3, 0.4) is 0 Å². The Morgan fingerprint density at radius 3 is 1.23 bits per heavy atom. The Morgan fingerprint density at radius 1 is 0.513 bits per heavy atom. The fraction of sp³-hybridized carbons (Fsp3) is 0.333. The van der Waals surface area contributed by atoms with Gasteiger partial charge in [0.2, 0.25) is 0 Å². The summed E-state index contributed by atoms with van der Waals surface area (Å²) in [5.41, 5.74) is 18.3. The van der Waals surface area contributed by atoms with Crippen molar-refractivity contribution in [3.8, 4) is 22.3 Å². The molecule has 2 aliphatic carbocycles. The van der Waals surface area contributed by atoms with Crippen molar-refractivity contribution in [1.29, 1.82) is 0 Å². The molecule has 6 rings (SSSR count). The zero-order chi connectivity index (χ0) is 25.2. The fourth-order valence-electron chi connectivity index (χ4n) is 6.61. The van der Waals surface area contributed by atoms with Crippen LogP contribution in [0.5, 0.6) is 0 Å². The third-order valence-electron chi connectivity index (χ3n) is 8.41. The first kappa shape index (κ1) is 31.9. The maximum atomic E-state index is 2.43. The van der Waals surface area contributed by atoms with Crippen LogP contribution in [0.4, 0.5) is 0 Å². The fourth-order valence-corrected chi connectivity index (χ4v) is 6.61. The number of rotatable bonds is 3. The number of aryl methyl sites for hydroxylation is 2. The van der Waals surface area contributed by atoms with Gasteiger partial charge < -0.3 is 24.8 Å². The summed E-state index contributed by atoms with van der Waals surface area (Å²) in [5, 5.41) is 0. The van der Waals surface area contributed by atoms with Crippen LogP contribution in [-0.2, 0) is 62.7 Å². The molecular weight excluding hydrogens is 595 g/mol. The minimum Gasteiger partial charge on any atom is -1.00 e. The normalized spacial score (nSPS) is 12.8. The molecule has 0 nitrogen and oxygen atoms in total. The summed E-state index contributed by atoms with van der Waals surface area (Å²) in [6.07, 6.45) is 4.32. The van der Waals surface area contributed by atoms with Crippen molar-refractivity contribution in [2.24, 2.45) is 0 Å². The van der Waals surface area contributed by atoms with E-state index < -0.39 is 0 Å². The Labute approximate surface area is 267 Å². The van der Waals surface area contributed by atoms with E-state index in [1.165, 1.54) is 55.6 Å². The van der Waals surface area contributed by atoms with Crippen molar-refractivity contribution >= 4 is 0 Å². The monoisotopic (exact) mass is 630 g/mol. The molecule has 0 radical (unpaired) electrons.